The van der Waals surface area contributed by atoms with Crippen molar-refractivity contribution < 1.29 is 14.3 Å². The zero-order chi connectivity index (χ0) is 17.5. The van der Waals surface area contributed by atoms with Crippen LogP contribution in [-0.4, -0.2) is 30.0 Å². The average Bonchev–Trinajstić information content (AvgIpc) is 2.63. The number of para-hydroxylation sites is 1. The summed E-state index contributed by atoms with van der Waals surface area (Å²) in [6.07, 6.45) is 5.60. The molecule has 0 saturated heterocycles. The monoisotopic (exact) mass is 326 g/mol. The summed E-state index contributed by atoms with van der Waals surface area (Å²) >= 11 is 0. The number of benzene rings is 1. The fourth-order valence-corrected chi connectivity index (χ4v) is 2.43. The first-order valence-corrected chi connectivity index (χ1v) is 7.97. The van der Waals surface area contributed by atoms with Crippen molar-refractivity contribution >= 4 is 28.9 Å². The molecule has 2 atom stereocenters. The highest BCUT2D eigenvalue weighted by molar-refractivity contribution is 5.97. The van der Waals surface area contributed by atoms with Crippen molar-refractivity contribution in [1.82, 2.24) is 10.3 Å². The van der Waals surface area contributed by atoms with Gasteiger partial charge < -0.3 is 10.1 Å². The van der Waals surface area contributed by atoms with Gasteiger partial charge in [-0.3, -0.25) is 9.78 Å². The number of hydrogen-bond donors (Lipinski definition) is 1. The fraction of sp³-hybridized carbons (Fsp3) is 0.316. The molecule has 1 aromatic carbocycles. The molecule has 0 aliphatic heterocycles. The average molecular weight is 326 g/mol. The van der Waals surface area contributed by atoms with Crippen LogP contribution in [0.25, 0.3) is 17.0 Å². The van der Waals surface area contributed by atoms with Gasteiger partial charge in [0.15, 0.2) is 0 Å². The summed E-state index contributed by atoms with van der Waals surface area (Å²) in [5.41, 5.74) is 1.68. The molecule has 0 fully saturated rings. The van der Waals surface area contributed by atoms with Gasteiger partial charge in [-0.15, -0.1) is 0 Å². The van der Waals surface area contributed by atoms with Crippen LogP contribution in [0.4, 0.5) is 0 Å². The molecule has 24 heavy (non-hydrogen) atoms. The fourth-order valence-electron chi connectivity index (χ4n) is 2.43. The number of hydrogen-bond acceptors (Lipinski definition) is 4. The van der Waals surface area contributed by atoms with E-state index in [4.69, 9.17) is 4.74 Å². The lowest BCUT2D eigenvalue weighted by molar-refractivity contribution is -0.146. The number of carbonyl (C=O) groups excluding carboxylic acids is 2. The summed E-state index contributed by atoms with van der Waals surface area (Å²) in [4.78, 5) is 28.3. The Bertz CT molecular complexity index is 750. The zero-order valence-corrected chi connectivity index (χ0v) is 14.2. The maximum absolute atomic E-state index is 12.2. The third-order valence-electron chi connectivity index (χ3n) is 4.04. The van der Waals surface area contributed by atoms with Crippen molar-refractivity contribution in [3.05, 3.63) is 48.2 Å². The Morgan fingerprint density at radius 3 is 2.75 bits per heavy atom. The second kappa shape index (κ2) is 8.24. The van der Waals surface area contributed by atoms with Crippen LogP contribution in [0.2, 0.25) is 0 Å². The van der Waals surface area contributed by atoms with E-state index in [1.165, 1.54) is 13.2 Å². The van der Waals surface area contributed by atoms with E-state index in [9.17, 15) is 9.59 Å². The number of ether oxygens (including phenoxy) is 1. The van der Waals surface area contributed by atoms with Gasteiger partial charge in [0, 0.05) is 23.2 Å². The highest BCUT2D eigenvalue weighted by Crippen LogP contribution is 2.17. The smallest absolute Gasteiger partial charge is 0.328 e. The number of amides is 1. The normalized spacial score (nSPS) is 13.6. The van der Waals surface area contributed by atoms with Crippen LogP contribution in [0.1, 0.15) is 25.8 Å². The molecule has 2 rings (SSSR count). The summed E-state index contributed by atoms with van der Waals surface area (Å²) in [6, 6.07) is 8.97. The van der Waals surface area contributed by atoms with Crippen molar-refractivity contribution in [2.75, 3.05) is 7.11 Å². The third-order valence-corrected chi connectivity index (χ3v) is 4.04. The van der Waals surface area contributed by atoms with Crippen LogP contribution in [-0.2, 0) is 14.3 Å². The Balaban J connectivity index is 2.15. The van der Waals surface area contributed by atoms with Gasteiger partial charge in [0.25, 0.3) is 0 Å². The minimum absolute atomic E-state index is 0.00554. The Kier molecular flexibility index (Phi) is 6.07. The van der Waals surface area contributed by atoms with Gasteiger partial charge in [-0.25, -0.2) is 4.79 Å². The number of rotatable bonds is 6. The van der Waals surface area contributed by atoms with Crippen LogP contribution in [0.3, 0.4) is 0 Å². The van der Waals surface area contributed by atoms with Crippen molar-refractivity contribution in [2.45, 2.75) is 26.3 Å². The highest BCUT2D eigenvalue weighted by Gasteiger charge is 2.25. The lowest BCUT2D eigenvalue weighted by atomic mass is 9.99. The molecule has 1 heterocycles. The molecule has 0 spiro atoms. The Hall–Kier alpha value is -2.69. The van der Waals surface area contributed by atoms with E-state index in [1.807, 2.05) is 44.2 Å². The molecule has 1 aromatic heterocycles. The molecular weight excluding hydrogens is 304 g/mol. The third kappa shape index (κ3) is 4.19. The zero-order valence-electron chi connectivity index (χ0n) is 14.2. The van der Waals surface area contributed by atoms with E-state index in [1.54, 1.807) is 12.3 Å². The van der Waals surface area contributed by atoms with Crippen molar-refractivity contribution in [3.8, 4) is 0 Å². The standard InChI is InChI=1S/C19H22N2O3/c1-4-13(2)17(19(23)24-3)21-16(22)11-10-15-8-5-7-14-9-6-12-20-18(14)15/h5-13,17H,4H2,1-3H3,(H,21,22)/b11-10+/t13-,17-/m0/s1. The second-order valence-electron chi connectivity index (χ2n) is 5.65. The topological polar surface area (TPSA) is 68.3 Å². The number of nitrogens with zero attached hydrogens (tertiary/aromatic N) is 1. The molecule has 126 valence electrons. The van der Waals surface area contributed by atoms with Gasteiger partial charge in [-0.2, -0.15) is 0 Å². The van der Waals surface area contributed by atoms with E-state index < -0.39 is 12.0 Å². The predicted molar refractivity (Wildman–Crippen MR) is 94.2 cm³/mol. The van der Waals surface area contributed by atoms with Gasteiger partial charge in [0.2, 0.25) is 5.91 Å². The summed E-state index contributed by atoms with van der Waals surface area (Å²) < 4.78 is 4.77. The highest BCUT2D eigenvalue weighted by atomic mass is 16.5. The summed E-state index contributed by atoms with van der Waals surface area (Å²) in [6.45, 7) is 3.87. The van der Waals surface area contributed by atoms with Crippen LogP contribution in [0, 0.1) is 5.92 Å². The molecule has 0 aliphatic rings. The van der Waals surface area contributed by atoms with Crippen LogP contribution >= 0.6 is 0 Å². The van der Waals surface area contributed by atoms with Gasteiger partial charge in [-0.05, 0) is 18.1 Å². The van der Waals surface area contributed by atoms with Crippen molar-refractivity contribution in [2.24, 2.45) is 5.92 Å². The maximum atomic E-state index is 12.2. The quantitative estimate of drug-likeness (QED) is 0.654. The van der Waals surface area contributed by atoms with Crippen LogP contribution in [0.5, 0.6) is 0 Å². The summed E-state index contributed by atoms with van der Waals surface area (Å²) in [7, 11) is 1.32. The van der Waals surface area contributed by atoms with Gasteiger partial charge >= 0.3 is 5.97 Å². The largest absolute Gasteiger partial charge is 0.467 e. The van der Waals surface area contributed by atoms with E-state index >= 15 is 0 Å². The summed E-state index contributed by atoms with van der Waals surface area (Å²) in [5, 5.41) is 3.72. The molecule has 0 bridgehead atoms. The molecule has 0 saturated carbocycles. The van der Waals surface area contributed by atoms with Crippen molar-refractivity contribution in [3.63, 3.8) is 0 Å². The number of aromatic nitrogens is 1. The Morgan fingerprint density at radius 2 is 2.04 bits per heavy atom. The number of pyridine rings is 1. The number of methoxy groups -OCH3 is 1. The number of nitrogens with one attached hydrogen (secondary N) is 1. The minimum Gasteiger partial charge on any atom is -0.467 e. The van der Waals surface area contributed by atoms with E-state index in [0.29, 0.717) is 0 Å². The van der Waals surface area contributed by atoms with Crippen molar-refractivity contribution in [1.29, 1.82) is 0 Å². The molecule has 2 aromatic rings. The van der Waals surface area contributed by atoms with Gasteiger partial charge in [0.05, 0.1) is 12.6 Å². The Labute approximate surface area is 141 Å². The molecule has 0 radical (unpaired) electrons. The number of fused-ring (bicyclic) bond motifs is 1. The second-order valence-corrected chi connectivity index (χ2v) is 5.65. The lowest BCUT2D eigenvalue weighted by Crippen LogP contribution is -2.45. The van der Waals surface area contributed by atoms with Crippen LogP contribution < -0.4 is 5.32 Å². The van der Waals surface area contributed by atoms with E-state index in [-0.39, 0.29) is 11.8 Å². The molecule has 1 N–H and O–H groups in total. The molecule has 0 unspecified atom stereocenters. The summed E-state index contributed by atoms with van der Waals surface area (Å²) in [5.74, 6) is -0.773. The molecule has 5 heteroatoms. The molecular formula is C19H22N2O3. The predicted octanol–water partition coefficient (Wildman–Crippen LogP) is 2.95. The Morgan fingerprint density at radius 1 is 1.29 bits per heavy atom. The maximum Gasteiger partial charge on any atom is 0.328 e. The molecule has 5 nitrogen and oxygen atoms in total. The minimum atomic E-state index is -0.650. The van der Waals surface area contributed by atoms with Gasteiger partial charge in [0.1, 0.15) is 6.04 Å². The number of esters is 1. The van der Waals surface area contributed by atoms with Crippen LogP contribution in [0.15, 0.2) is 42.6 Å². The SMILES string of the molecule is CC[C@H](C)[C@H](NC(=O)/C=C/c1cccc2cccnc12)C(=O)OC. The molecule has 0 aliphatic carbocycles. The number of carbonyl (C=O) groups is 2. The first-order chi connectivity index (χ1) is 11.6. The van der Waals surface area contributed by atoms with E-state index in [2.05, 4.69) is 10.3 Å². The first kappa shape index (κ1) is 17.7. The molecule has 1 amide bonds. The van der Waals surface area contributed by atoms with E-state index in [0.717, 1.165) is 22.9 Å². The first-order valence-electron chi connectivity index (χ1n) is 7.97. The van der Waals surface area contributed by atoms with Gasteiger partial charge in [-0.1, -0.05) is 44.5 Å². The lowest BCUT2D eigenvalue weighted by Gasteiger charge is -2.21.